The predicted octanol–water partition coefficient (Wildman–Crippen LogP) is 1.90. The first-order valence-electron chi connectivity index (χ1n) is 6.51. The van der Waals surface area contributed by atoms with Crippen molar-refractivity contribution >= 4 is 23.1 Å². The highest BCUT2D eigenvalue weighted by atomic mass is 32.1. The summed E-state index contributed by atoms with van der Waals surface area (Å²) in [6.45, 7) is 0.365. The van der Waals surface area contributed by atoms with Gasteiger partial charge in [-0.2, -0.15) is 0 Å². The summed E-state index contributed by atoms with van der Waals surface area (Å²) in [7, 11) is 0. The van der Waals surface area contributed by atoms with Gasteiger partial charge in [0.2, 0.25) is 0 Å². The van der Waals surface area contributed by atoms with E-state index in [9.17, 15) is 4.79 Å². The smallest absolute Gasteiger partial charge is 0.261 e. The molecule has 6 heteroatoms. The fourth-order valence-electron chi connectivity index (χ4n) is 1.66. The van der Waals surface area contributed by atoms with Gasteiger partial charge in [0.05, 0.1) is 6.54 Å². The van der Waals surface area contributed by atoms with Crippen molar-refractivity contribution in [2.24, 2.45) is 10.9 Å². The second-order valence-corrected chi connectivity index (χ2v) is 5.41. The lowest BCUT2D eigenvalue weighted by Gasteiger charge is -2.04. The Kier molecular flexibility index (Phi) is 5.78. The third kappa shape index (κ3) is 5.66. The highest BCUT2D eigenvalue weighted by molar-refractivity contribution is 7.09. The molecule has 0 spiro atoms. The highest BCUT2D eigenvalue weighted by Gasteiger charge is 2.03. The van der Waals surface area contributed by atoms with Crippen LogP contribution in [0.3, 0.4) is 0 Å². The van der Waals surface area contributed by atoms with Crippen molar-refractivity contribution in [3.05, 3.63) is 58.3 Å². The molecule has 0 fully saturated rings. The molecule has 110 valence electrons. The van der Waals surface area contributed by atoms with Gasteiger partial charge in [-0.05, 0) is 17.0 Å². The molecule has 0 unspecified atom stereocenters. The molecule has 0 saturated heterocycles. The van der Waals surface area contributed by atoms with E-state index in [4.69, 9.17) is 10.6 Å². The topological polar surface area (TPSA) is 76.7 Å². The maximum atomic E-state index is 11.5. The van der Waals surface area contributed by atoms with Crippen LogP contribution in [0.25, 0.3) is 0 Å². The van der Waals surface area contributed by atoms with E-state index in [1.165, 1.54) is 0 Å². The van der Waals surface area contributed by atoms with Gasteiger partial charge in [-0.15, -0.1) is 11.3 Å². The molecule has 2 rings (SSSR count). The van der Waals surface area contributed by atoms with Crippen molar-refractivity contribution in [3.63, 3.8) is 0 Å². The zero-order valence-corrected chi connectivity index (χ0v) is 12.3. The largest absolute Gasteiger partial charge is 0.384 e. The number of nitrogens with one attached hydrogen (secondary N) is 1. The average Bonchev–Trinajstić information content (AvgIpc) is 2.99. The fraction of sp³-hybridized carbons (Fsp3) is 0.200. The van der Waals surface area contributed by atoms with Crippen molar-refractivity contribution in [3.8, 4) is 0 Å². The van der Waals surface area contributed by atoms with Crippen LogP contribution in [-0.2, 0) is 22.6 Å². The first kappa shape index (κ1) is 15.1. The van der Waals surface area contributed by atoms with Gasteiger partial charge in [0.15, 0.2) is 6.61 Å². The molecule has 21 heavy (non-hydrogen) atoms. The number of amidine groups is 1. The van der Waals surface area contributed by atoms with Crippen LogP contribution in [0.5, 0.6) is 0 Å². The van der Waals surface area contributed by atoms with Crippen molar-refractivity contribution < 1.29 is 9.63 Å². The molecular weight excluding hydrogens is 286 g/mol. The normalized spacial score (nSPS) is 11.1. The standard InChI is InChI=1S/C15H17N3O2S/c16-14(9-12-5-2-1-3-6-12)18-20-11-15(19)17-10-13-7-4-8-21-13/h1-8H,9-11H2,(H2,16,18)(H,17,19). The van der Waals surface area contributed by atoms with E-state index in [2.05, 4.69) is 10.5 Å². The van der Waals surface area contributed by atoms with Gasteiger partial charge >= 0.3 is 0 Å². The second kappa shape index (κ2) is 8.06. The Morgan fingerprint density at radius 1 is 1.24 bits per heavy atom. The first-order chi connectivity index (χ1) is 10.2. The number of nitrogens with zero attached hydrogens (tertiary/aromatic N) is 1. The van der Waals surface area contributed by atoms with Crippen LogP contribution in [0.2, 0.25) is 0 Å². The lowest BCUT2D eigenvalue weighted by molar-refractivity contribution is -0.125. The molecule has 0 atom stereocenters. The summed E-state index contributed by atoms with van der Waals surface area (Å²) in [5, 5.41) is 8.45. The number of benzene rings is 1. The molecule has 1 aromatic heterocycles. The summed E-state index contributed by atoms with van der Waals surface area (Å²) in [5.41, 5.74) is 6.78. The van der Waals surface area contributed by atoms with Crippen LogP contribution in [0, 0.1) is 0 Å². The predicted molar refractivity (Wildman–Crippen MR) is 83.9 cm³/mol. The van der Waals surface area contributed by atoms with Gasteiger partial charge in [-0.25, -0.2) is 0 Å². The third-order valence-corrected chi connectivity index (χ3v) is 3.52. The van der Waals surface area contributed by atoms with Crippen LogP contribution < -0.4 is 11.1 Å². The molecule has 2 aromatic rings. The number of oxime groups is 1. The molecule has 0 aliphatic rings. The van der Waals surface area contributed by atoms with Crippen LogP contribution in [0.1, 0.15) is 10.4 Å². The molecule has 0 radical (unpaired) electrons. The average molecular weight is 303 g/mol. The summed E-state index contributed by atoms with van der Waals surface area (Å²) in [5.74, 6) is 0.118. The molecule has 0 saturated carbocycles. The Morgan fingerprint density at radius 2 is 2.05 bits per heavy atom. The summed E-state index contributed by atoms with van der Waals surface area (Å²) < 4.78 is 0. The van der Waals surface area contributed by atoms with Gasteiger partial charge in [0, 0.05) is 11.3 Å². The number of carbonyl (C=O) groups excluding carboxylic acids is 1. The van der Waals surface area contributed by atoms with Crippen LogP contribution in [0.15, 0.2) is 53.0 Å². The number of thiophene rings is 1. The van der Waals surface area contributed by atoms with Gasteiger partial charge in [-0.3, -0.25) is 4.79 Å². The number of hydrogen-bond acceptors (Lipinski definition) is 4. The van der Waals surface area contributed by atoms with Crippen molar-refractivity contribution in [2.75, 3.05) is 6.61 Å². The summed E-state index contributed by atoms with van der Waals surface area (Å²) in [6.07, 6.45) is 0.498. The summed E-state index contributed by atoms with van der Waals surface area (Å²) in [4.78, 5) is 17.6. The Hall–Kier alpha value is -2.34. The van der Waals surface area contributed by atoms with E-state index in [1.54, 1.807) is 11.3 Å². The molecule has 0 aliphatic carbocycles. The molecule has 1 amide bonds. The van der Waals surface area contributed by atoms with Gasteiger partial charge in [0.1, 0.15) is 5.84 Å². The SMILES string of the molecule is N/C(Cc1ccccc1)=N\OCC(=O)NCc1cccs1. The lowest BCUT2D eigenvalue weighted by atomic mass is 10.1. The number of carbonyl (C=O) groups is 1. The van der Waals surface area contributed by atoms with E-state index in [-0.39, 0.29) is 12.5 Å². The summed E-state index contributed by atoms with van der Waals surface area (Å²) >= 11 is 1.59. The number of hydrogen-bond donors (Lipinski definition) is 2. The van der Waals surface area contributed by atoms with E-state index >= 15 is 0 Å². The van der Waals surface area contributed by atoms with Gasteiger partial charge < -0.3 is 15.9 Å². The number of amides is 1. The minimum atomic E-state index is -0.223. The van der Waals surface area contributed by atoms with E-state index in [0.717, 1.165) is 10.4 Å². The van der Waals surface area contributed by atoms with Crippen molar-refractivity contribution in [2.45, 2.75) is 13.0 Å². The molecule has 0 aliphatic heterocycles. The monoisotopic (exact) mass is 303 g/mol. The Labute approximate surface area is 127 Å². The zero-order valence-electron chi connectivity index (χ0n) is 11.5. The molecule has 1 heterocycles. The minimum Gasteiger partial charge on any atom is -0.384 e. The molecule has 0 bridgehead atoms. The quantitative estimate of drug-likeness (QED) is 0.466. The zero-order chi connectivity index (χ0) is 14.9. The third-order valence-electron chi connectivity index (χ3n) is 2.65. The molecule has 1 aromatic carbocycles. The van der Waals surface area contributed by atoms with E-state index < -0.39 is 0 Å². The van der Waals surface area contributed by atoms with E-state index in [0.29, 0.717) is 18.8 Å². The Balaban J connectivity index is 1.67. The maximum Gasteiger partial charge on any atom is 0.261 e. The van der Waals surface area contributed by atoms with Crippen LogP contribution >= 0.6 is 11.3 Å². The molecular formula is C15H17N3O2S. The Bertz CT molecular complexity index is 582. The van der Waals surface area contributed by atoms with Crippen molar-refractivity contribution in [1.29, 1.82) is 0 Å². The second-order valence-electron chi connectivity index (χ2n) is 4.37. The first-order valence-corrected chi connectivity index (χ1v) is 7.39. The van der Waals surface area contributed by atoms with Crippen LogP contribution in [0.4, 0.5) is 0 Å². The van der Waals surface area contributed by atoms with E-state index in [1.807, 2.05) is 47.8 Å². The number of rotatable bonds is 7. The fourth-order valence-corrected chi connectivity index (χ4v) is 2.31. The van der Waals surface area contributed by atoms with Crippen molar-refractivity contribution in [1.82, 2.24) is 5.32 Å². The lowest BCUT2D eigenvalue weighted by Crippen LogP contribution is -2.26. The minimum absolute atomic E-state index is 0.138. The molecule has 3 N–H and O–H groups in total. The summed E-state index contributed by atoms with van der Waals surface area (Å²) in [6, 6.07) is 13.6. The maximum absolute atomic E-state index is 11.5. The highest BCUT2D eigenvalue weighted by Crippen LogP contribution is 2.07. The number of nitrogens with two attached hydrogens (primary N) is 1. The Morgan fingerprint density at radius 3 is 2.76 bits per heavy atom. The van der Waals surface area contributed by atoms with Gasteiger partial charge in [-0.1, -0.05) is 41.6 Å². The van der Waals surface area contributed by atoms with Gasteiger partial charge in [0.25, 0.3) is 5.91 Å². The molecule has 5 nitrogen and oxygen atoms in total. The van der Waals surface area contributed by atoms with Crippen LogP contribution in [-0.4, -0.2) is 18.3 Å².